The van der Waals surface area contributed by atoms with E-state index in [0.29, 0.717) is 24.2 Å². The van der Waals surface area contributed by atoms with E-state index in [0.717, 1.165) is 0 Å². The van der Waals surface area contributed by atoms with Gasteiger partial charge in [-0.2, -0.15) is 0 Å². The molecule has 1 aromatic carbocycles. The average molecular weight is 313 g/mol. The number of hydrogen-bond acceptors (Lipinski definition) is 4. The molecule has 0 saturated heterocycles. The Morgan fingerprint density at radius 1 is 1.24 bits per heavy atom. The highest BCUT2D eigenvalue weighted by Crippen LogP contribution is 2.16. The molecule has 0 aliphatic heterocycles. The molecule has 0 heterocycles. The van der Waals surface area contributed by atoms with Gasteiger partial charge in [0.05, 0.1) is 5.75 Å². The lowest BCUT2D eigenvalue weighted by Gasteiger charge is -2.29. The van der Waals surface area contributed by atoms with E-state index < -0.39 is 10.0 Å². The van der Waals surface area contributed by atoms with E-state index >= 15 is 0 Å². The Labute approximate surface area is 126 Å². The van der Waals surface area contributed by atoms with Gasteiger partial charge in [-0.25, -0.2) is 13.6 Å². The summed E-state index contributed by atoms with van der Waals surface area (Å²) in [7, 11) is -1.84. The van der Waals surface area contributed by atoms with Crippen LogP contribution in [0.4, 0.5) is 0 Å². The zero-order chi connectivity index (χ0) is 16.3. The van der Waals surface area contributed by atoms with Crippen molar-refractivity contribution in [3.63, 3.8) is 0 Å². The quantitative estimate of drug-likeness (QED) is 0.799. The van der Waals surface area contributed by atoms with E-state index in [1.807, 2.05) is 13.8 Å². The highest BCUT2D eigenvalue weighted by atomic mass is 32.2. The third-order valence-corrected chi connectivity index (χ3v) is 3.87. The zero-order valence-electron chi connectivity index (χ0n) is 12.7. The first-order chi connectivity index (χ1) is 9.54. The molecule has 0 saturated carbocycles. The van der Waals surface area contributed by atoms with Crippen LogP contribution in [0.5, 0.6) is 0 Å². The molecule has 4 N–H and O–H groups in total. The lowest BCUT2D eigenvalue weighted by Crippen LogP contribution is -2.39. The lowest BCUT2D eigenvalue weighted by molar-refractivity contribution is 0.0740. The second-order valence-corrected chi connectivity index (χ2v) is 7.65. The third kappa shape index (κ3) is 5.82. The van der Waals surface area contributed by atoms with Gasteiger partial charge in [-0.05, 0) is 29.7 Å². The Morgan fingerprint density at radius 2 is 1.76 bits per heavy atom. The van der Waals surface area contributed by atoms with E-state index in [4.69, 9.17) is 10.9 Å². The average Bonchev–Trinajstić information content (AvgIpc) is 2.36. The van der Waals surface area contributed by atoms with Crippen molar-refractivity contribution in [1.29, 1.82) is 0 Å². The number of benzene rings is 1. The van der Waals surface area contributed by atoms with E-state index in [2.05, 4.69) is 0 Å². The number of sulfonamides is 1. The van der Waals surface area contributed by atoms with E-state index in [-0.39, 0.29) is 17.1 Å². The van der Waals surface area contributed by atoms with E-state index in [1.54, 1.807) is 36.2 Å². The molecular formula is C14H23N3O3S. The van der Waals surface area contributed by atoms with Crippen molar-refractivity contribution in [2.75, 3.05) is 20.1 Å². The maximum atomic E-state index is 12.3. The van der Waals surface area contributed by atoms with Crippen LogP contribution in [0.2, 0.25) is 0 Å². The summed E-state index contributed by atoms with van der Waals surface area (Å²) in [5.41, 5.74) is 6.57. The fourth-order valence-electron chi connectivity index (χ4n) is 1.97. The van der Waals surface area contributed by atoms with Crippen molar-refractivity contribution in [1.82, 2.24) is 4.90 Å². The van der Waals surface area contributed by atoms with Crippen molar-refractivity contribution in [2.24, 2.45) is 16.3 Å². The maximum absolute atomic E-state index is 12.3. The standard InChI is InChI=1S/C14H23N3O3S/c1-14(2,9-15)10-17(3)13(18)12-6-4-11(5-7-12)8-21(16,19)20/h4-7H,8-10,15H2,1-3H3,(H2,16,19,20). The Morgan fingerprint density at radius 3 is 2.19 bits per heavy atom. The second-order valence-electron chi connectivity index (χ2n) is 6.03. The van der Waals surface area contributed by atoms with E-state index in [1.165, 1.54) is 0 Å². The van der Waals surface area contributed by atoms with Crippen molar-refractivity contribution in [2.45, 2.75) is 19.6 Å². The minimum atomic E-state index is -3.56. The van der Waals surface area contributed by atoms with E-state index in [9.17, 15) is 13.2 Å². The number of primary sulfonamides is 1. The first-order valence-corrected chi connectivity index (χ1v) is 8.30. The van der Waals surface area contributed by atoms with Crippen LogP contribution in [0.3, 0.4) is 0 Å². The molecule has 0 atom stereocenters. The summed E-state index contributed by atoms with van der Waals surface area (Å²) in [4.78, 5) is 13.9. The van der Waals surface area contributed by atoms with Crippen molar-refractivity contribution in [3.05, 3.63) is 35.4 Å². The van der Waals surface area contributed by atoms with Crippen LogP contribution in [-0.4, -0.2) is 39.4 Å². The topological polar surface area (TPSA) is 106 Å². The molecule has 1 aromatic rings. The van der Waals surface area contributed by atoms with Crippen LogP contribution in [0.15, 0.2) is 24.3 Å². The first-order valence-electron chi connectivity index (χ1n) is 6.59. The van der Waals surface area contributed by atoms with Crippen LogP contribution in [0.25, 0.3) is 0 Å². The summed E-state index contributed by atoms with van der Waals surface area (Å²) in [5, 5.41) is 4.98. The van der Waals surface area contributed by atoms with Gasteiger partial charge in [0.25, 0.3) is 5.91 Å². The maximum Gasteiger partial charge on any atom is 0.253 e. The van der Waals surface area contributed by atoms with Gasteiger partial charge in [0.1, 0.15) is 0 Å². The van der Waals surface area contributed by atoms with Gasteiger partial charge < -0.3 is 10.6 Å². The number of nitrogens with two attached hydrogens (primary N) is 2. The zero-order valence-corrected chi connectivity index (χ0v) is 13.5. The number of rotatable bonds is 6. The Hall–Kier alpha value is -1.44. The second kappa shape index (κ2) is 6.55. The highest BCUT2D eigenvalue weighted by Gasteiger charge is 2.21. The monoisotopic (exact) mass is 313 g/mol. The summed E-state index contributed by atoms with van der Waals surface area (Å²) in [6.07, 6.45) is 0. The van der Waals surface area contributed by atoms with Gasteiger partial charge in [-0.3, -0.25) is 4.79 Å². The number of carbonyl (C=O) groups excluding carboxylic acids is 1. The van der Waals surface area contributed by atoms with Gasteiger partial charge >= 0.3 is 0 Å². The van der Waals surface area contributed by atoms with Crippen LogP contribution in [-0.2, 0) is 15.8 Å². The molecule has 0 bridgehead atoms. The minimum absolute atomic E-state index is 0.126. The fourth-order valence-corrected chi connectivity index (χ4v) is 2.63. The fraction of sp³-hybridized carbons (Fsp3) is 0.500. The summed E-state index contributed by atoms with van der Waals surface area (Å²) < 4.78 is 22.0. The number of amides is 1. The lowest BCUT2D eigenvalue weighted by atomic mass is 9.93. The molecule has 118 valence electrons. The molecule has 1 rings (SSSR count). The van der Waals surface area contributed by atoms with Gasteiger partial charge in [0, 0.05) is 19.2 Å². The molecule has 0 radical (unpaired) electrons. The molecule has 1 amide bonds. The molecule has 6 nitrogen and oxygen atoms in total. The first kappa shape index (κ1) is 17.6. The Bertz CT molecular complexity index is 594. The van der Waals surface area contributed by atoms with Crippen LogP contribution in [0.1, 0.15) is 29.8 Å². The third-order valence-electron chi connectivity index (χ3n) is 3.13. The van der Waals surface area contributed by atoms with Gasteiger partial charge in [0.15, 0.2) is 0 Å². The number of nitrogens with zero attached hydrogens (tertiary/aromatic N) is 1. The molecule has 7 heteroatoms. The SMILES string of the molecule is CN(CC(C)(C)CN)C(=O)c1ccc(CS(N)(=O)=O)cc1. The molecule has 21 heavy (non-hydrogen) atoms. The van der Waals surface area contributed by atoms with Crippen LogP contribution >= 0.6 is 0 Å². The summed E-state index contributed by atoms with van der Waals surface area (Å²) in [5.74, 6) is -0.365. The highest BCUT2D eigenvalue weighted by molar-refractivity contribution is 7.88. The van der Waals surface area contributed by atoms with Crippen molar-refractivity contribution in [3.8, 4) is 0 Å². The molecule has 0 aliphatic rings. The van der Waals surface area contributed by atoms with Crippen molar-refractivity contribution >= 4 is 15.9 Å². The largest absolute Gasteiger partial charge is 0.341 e. The molecule has 0 unspecified atom stereocenters. The summed E-state index contributed by atoms with van der Waals surface area (Å²) in [6, 6.07) is 6.41. The Kier molecular flexibility index (Phi) is 5.49. The van der Waals surface area contributed by atoms with Gasteiger partial charge in [0.2, 0.25) is 10.0 Å². The van der Waals surface area contributed by atoms with Crippen LogP contribution < -0.4 is 10.9 Å². The Balaban J connectivity index is 2.80. The number of hydrogen-bond donors (Lipinski definition) is 2. The summed E-state index contributed by atoms with van der Waals surface area (Å²) in [6.45, 7) is 5.01. The molecule has 0 spiro atoms. The van der Waals surface area contributed by atoms with Gasteiger partial charge in [-0.1, -0.05) is 26.0 Å². The molecule has 0 aromatic heterocycles. The van der Waals surface area contributed by atoms with Gasteiger partial charge in [-0.15, -0.1) is 0 Å². The summed E-state index contributed by atoms with van der Waals surface area (Å²) >= 11 is 0. The predicted octanol–water partition coefficient (Wildman–Crippen LogP) is 0.532. The van der Waals surface area contributed by atoms with Crippen molar-refractivity contribution < 1.29 is 13.2 Å². The number of carbonyl (C=O) groups is 1. The minimum Gasteiger partial charge on any atom is -0.341 e. The predicted molar refractivity (Wildman–Crippen MR) is 83.0 cm³/mol. The molecule has 0 aliphatic carbocycles. The normalized spacial score (nSPS) is 12.2. The molecule has 0 fully saturated rings. The smallest absolute Gasteiger partial charge is 0.253 e. The van der Waals surface area contributed by atoms with Crippen LogP contribution in [0, 0.1) is 5.41 Å². The molecular weight excluding hydrogens is 290 g/mol.